The second-order valence-corrected chi connectivity index (χ2v) is 5.68. The third-order valence-electron chi connectivity index (χ3n) is 3.76. The Morgan fingerprint density at radius 2 is 1.36 bits per heavy atom. The van der Waals surface area contributed by atoms with Crippen LogP contribution in [0.2, 0.25) is 0 Å². The number of benzene rings is 1. The van der Waals surface area contributed by atoms with Gasteiger partial charge in [-0.15, -0.1) is 0 Å². The molecular formula is C17H25F4N. The molecule has 0 aliphatic carbocycles. The predicted octanol–water partition coefficient (Wildman–Crippen LogP) is 5.47. The average Bonchev–Trinajstić information content (AvgIpc) is 2.46. The first kappa shape index (κ1) is 18.9. The van der Waals surface area contributed by atoms with Gasteiger partial charge in [-0.05, 0) is 43.5 Å². The Labute approximate surface area is 129 Å². The van der Waals surface area contributed by atoms with Crippen LogP contribution in [0, 0.1) is 5.82 Å². The molecule has 1 aromatic rings. The molecule has 0 aliphatic rings. The van der Waals surface area contributed by atoms with Crippen LogP contribution < -0.4 is 5.73 Å². The van der Waals surface area contributed by atoms with Crippen LogP contribution in [0.15, 0.2) is 18.2 Å². The third-order valence-corrected chi connectivity index (χ3v) is 3.76. The zero-order valence-corrected chi connectivity index (χ0v) is 12.9. The van der Waals surface area contributed by atoms with Gasteiger partial charge in [0.2, 0.25) is 0 Å². The standard InChI is InChI=1S/C17H25F4N/c18-16-11-10-14(13-15(16)17(19,20)21)9-7-5-3-1-2-4-6-8-12-22/h10-11,13H,1-9,12,22H2. The van der Waals surface area contributed by atoms with Crippen molar-refractivity contribution in [3.8, 4) is 0 Å². The molecule has 0 amide bonds. The van der Waals surface area contributed by atoms with E-state index in [4.69, 9.17) is 5.73 Å². The van der Waals surface area contributed by atoms with E-state index in [1.807, 2.05) is 0 Å². The van der Waals surface area contributed by atoms with Gasteiger partial charge in [-0.25, -0.2) is 4.39 Å². The van der Waals surface area contributed by atoms with Gasteiger partial charge in [-0.1, -0.05) is 44.6 Å². The largest absolute Gasteiger partial charge is 0.419 e. The van der Waals surface area contributed by atoms with Crippen molar-refractivity contribution in [1.82, 2.24) is 0 Å². The molecule has 0 unspecified atom stereocenters. The van der Waals surface area contributed by atoms with Gasteiger partial charge in [0.05, 0.1) is 5.56 Å². The zero-order valence-electron chi connectivity index (χ0n) is 12.9. The number of nitrogens with two attached hydrogens (primary N) is 1. The molecule has 2 N–H and O–H groups in total. The molecule has 0 spiro atoms. The van der Waals surface area contributed by atoms with E-state index in [1.165, 1.54) is 25.3 Å². The summed E-state index contributed by atoms with van der Waals surface area (Å²) in [7, 11) is 0. The summed E-state index contributed by atoms with van der Waals surface area (Å²) in [5.41, 5.74) is 4.81. The highest BCUT2D eigenvalue weighted by Crippen LogP contribution is 2.32. The second-order valence-electron chi connectivity index (χ2n) is 5.68. The van der Waals surface area contributed by atoms with Gasteiger partial charge >= 0.3 is 6.18 Å². The highest BCUT2D eigenvalue weighted by atomic mass is 19.4. The molecule has 0 saturated heterocycles. The van der Waals surface area contributed by atoms with Gasteiger partial charge in [-0.3, -0.25) is 0 Å². The lowest BCUT2D eigenvalue weighted by Crippen LogP contribution is -2.08. The molecule has 5 heteroatoms. The lowest BCUT2D eigenvalue weighted by molar-refractivity contribution is -0.140. The van der Waals surface area contributed by atoms with Gasteiger partial charge in [0.25, 0.3) is 0 Å². The van der Waals surface area contributed by atoms with E-state index in [9.17, 15) is 17.6 Å². The first-order valence-electron chi connectivity index (χ1n) is 8.01. The van der Waals surface area contributed by atoms with Gasteiger partial charge in [0.15, 0.2) is 0 Å². The molecule has 0 bridgehead atoms. The summed E-state index contributed by atoms with van der Waals surface area (Å²) in [6.45, 7) is 0.748. The van der Waals surface area contributed by atoms with Crippen molar-refractivity contribution in [1.29, 1.82) is 0 Å². The molecular weight excluding hydrogens is 294 g/mol. The number of rotatable bonds is 10. The molecule has 0 radical (unpaired) electrons. The van der Waals surface area contributed by atoms with Crippen LogP contribution in [0.3, 0.4) is 0 Å². The molecule has 0 aliphatic heterocycles. The summed E-state index contributed by atoms with van der Waals surface area (Å²) < 4.78 is 50.9. The van der Waals surface area contributed by atoms with E-state index < -0.39 is 17.6 Å². The number of aryl methyl sites for hydroxylation is 1. The Balaban J connectivity index is 2.23. The summed E-state index contributed by atoms with van der Waals surface area (Å²) in [5.74, 6) is -1.20. The van der Waals surface area contributed by atoms with Crippen LogP contribution in [-0.4, -0.2) is 6.54 Å². The number of hydrogen-bond donors (Lipinski definition) is 1. The van der Waals surface area contributed by atoms with E-state index in [-0.39, 0.29) is 0 Å². The van der Waals surface area contributed by atoms with Crippen LogP contribution in [0.25, 0.3) is 0 Å². The van der Waals surface area contributed by atoms with Crippen molar-refractivity contribution in [2.45, 2.75) is 64.0 Å². The molecule has 1 rings (SSSR count). The van der Waals surface area contributed by atoms with Crippen molar-refractivity contribution >= 4 is 0 Å². The number of alkyl halides is 3. The van der Waals surface area contributed by atoms with Crippen LogP contribution in [0.1, 0.15) is 62.5 Å². The lowest BCUT2D eigenvalue weighted by atomic mass is 10.0. The Hall–Kier alpha value is -1.10. The summed E-state index contributed by atoms with van der Waals surface area (Å²) in [6.07, 6.45) is 4.66. The fourth-order valence-electron chi connectivity index (χ4n) is 2.48. The molecule has 0 fully saturated rings. The minimum atomic E-state index is -4.62. The maximum atomic E-state index is 13.2. The maximum absolute atomic E-state index is 13.2. The van der Waals surface area contributed by atoms with Crippen LogP contribution in [0.4, 0.5) is 17.6 Å². The zero-order chi connectivity index (χ0) is 16.4. The highest BCUT2D eigenvalue weighted by Gasteiger charge is 2.34. The first-order chi connectivity index (χ1) is 10.4. The van der Waals surface area contributed by atoms with Crippen molar-refractivity contribution in [3.05, 3.63) is 35.1 Å². The Morgan fingerprint density at radius 3 is 1.91 bits per heavy atom. The van der Waals surface area contributed by atoms with E-state index in [1.54, 1.807) is 0 Å². The Kier molecular flexibility index (Phi) is 8.46. The predicted molar refractivity (Wildman–Crippen MR) is 81.1 cm³/mol. The fourth-order valence-corrected chi connectivity index (χ4v) is 2.48. The molecule has 0 aromatic heterocycles. The first-order valence-corrected chi connectivity index (χ1v) is 8.01. The fraction of sp³-hybridized carbons (Fsp3) is 0.647. The average molecular weight is 319 g/mol. The molecule has 1 aromatic carbocycles. The number of unbranched alkanes of at least 4 members (excludes halogenated alkanes) is 7. The Bertz CT molecular complexity index is 429. The topological polar surface area (TPSA) is 26.0 Å². The summed E-state index contributed by atoms with van der Waals surface area (Å²) in [6, 6.07) is 3.29. The van der Waals surface area contributed by atoms with Crippen molar-refractivity contribution < 1.29 is 17.6 Å². The molecule has 126 valence electrons. The molecule has 1 nitrogen and oxygen atoms in total. The monoisotopic (exact) mass is 319 g/mol. The quantitative estimate of drug-likeness (QED) is 0.449. The number of hydrogen-bond acceptors (Lipinski definition) is 1. The third kappa shape index (κ3) is 7.25. The van der Waals surface area contributed by atoms with Gasteiger partial charge in [0.1, 0.15) is 5.82 Å². The van der Waals surface area contributed by atoms with Gasteiger partial charge in [0, 0.05) is 0 Å². The number of halogens is 4. The minimum absolute atomic E-state index is 0.552. The molecule has 0 atom stereocenters. The van der Waals surface area contributed by atoms with Crippen LogP contribution in [-0.2, 0) is 12.6 Å². The van der Waals surface area contributed by atoms with E-state index in [0.29, 0.717) is 12.0 Å². The van der Waals surface area contributed by atoms with Gasteiger partial charge < -0.3 is 5.73 Å². The van der Waals surface area contributed by atoms with Gasteiger partial charge in [-0.2, -0.15) is 13.2 Å². The highest BCUT2D eigenvalue weighted by molar-refractivity contribution is 5.27. The smallest absolute Gasteiger partial charge is 0.330 e. The van der Waals surface area contributed by atoms with E-state index in [2.05, 4.69) is 0 Å². The van der Waals surface area contributed by atoms with Crippen molar-refractivity contribution in [3.63, 3.8) is 0 Å². The van der Waals surface area contributed by atoms with Crippen molar-refractivity contribution in [2.75, 3.05) is 6.54 Å². The molecule has 0 saturated carbocycles. The summed E-state index contributed by atoms with van der Waals surface area (Å²) >= 11 is 0. The van der Waals surface area contributed by atoms with Crippen LogP contribution >= 0.6 is 0 Å². The molecule has 22 heavy (non-hydrogen) atoms. The normalized spacial score (nSPS) is 11.9. The van der Waals surface area contributed by atoms with E-state index >= 15 is 0 Å². The SMILES string of the molecule is NCCCCCCCCCCc1ccc(F)c(C(F)(F)F)c1. The second kappa shape index (κ2) is 9.82. The summed E-state index contributed by atoms with van der Waals surface area (Å²) in [4.78, 5) is 0. The minimum Gasteiger partial charge on any atom is -0.330 e. The van der Waals surface area contributed by atoms with Crippen LogP contribution in [0.5, 0.6) is 0 Å². The molecule has 0 heterocycles. The lowest BCUT2D eigenvalue weighted by Gasteiger charge is -2.10. The summed E-state index contributed by atoms with van der Waals surface area (Å²) in [5, 5.41) is 0. The van der Waals surface area contributed by atoms with E-state index in [0.717, 1.165) is 50.8 Å². The maximum Gasteiger partial charge on any atom is 0.419 e. The Morgan fingerprint density at radius 1 is 0.818 bits per heavy atom. The van der Waals surface area contributed by atoms with Crippen molar-refractivity contribution in [2.24, 2.45) is 5.73 Å².